The number of hydrogen-bond acceptors (Lipinski definition) is 1. The van der Waals surface area contributed by atoms with Crippen LogP contribution in [0.3, 0.4) is 0 Å². The van der Waals surface area contributed by atoms with Crippen molar-refractivity contribution in [1.82, 2.24) is 10.2 Å². The molecule has 12 heavy (non-hydrogen) atoms. The van der Waals surface area contributed by atoms with Crippen LogP contribution >= 0.6 is 45.8 Å². The summed E-state index contributed by atoms with van der Waals surface area (Å²) in [6, 6.07) is 3.49. The second-order valence-electron chi connectivity index (χ2n) is 2.32. The van der Waals surface area contributed by atoms with Crippen LogP contribution in [0.15, 0.2) is 12.1 Å². The molecule has 62 valence electrons. The first-order valence-electron chi connectivity index (χ1n) is 3.17. The Morgan fingerprint density at radius 1 is 1.33 bits per heavy atom. The van der Waals surface area contributed by atoms with E-state index in [1.165, 1.54) is 0 Å². The molecule has 0 bridgehead atoms. The lowest BCUT2D eigenvalue weighted by atomic mass is 10.2. The summed E-state index contributed by atoms with van der Waals surface area (Å²) in [6.07, 6.45) is 0. The van der Waals surface area contributed by atoms with Gasteiger partial charge in [-0.15, -0.1) is 0 Å². The van der Waals surface area contributed by atoms with Gasteiger partial charge in [-0.2, -0.15) is 5.10 Å². The highest BCUT2D eigenvalue weighted by Crippen LogP contribution is 2.29. The number of hydrogen-bond donors (Lipinski definition) is 1. The van der Waals surface area contributed by atoms with E-state index in [-0.39, 0.29) is 0 Å². The van der Waals surface area contributed by atoms with Gasteiger partial charge < -0.3 is 0 Å². The molecule has 0 aliphatic carbocycles. The van der Waals surface area contributed by atoms with Crippen molar-refractivity contribution in [2.45, 2.75) is 0 Å². The number of halogens is 3. The summed E-state index contributed by atoms with van der Waals surface area (Å²) in [5.41, 5.74) is 0.803. The lowest BCUT2D eigenvalue weighted by molar-refractivity contribution is 1.09. The molecule has 0 spiro atoms. The Morgan fingerprint density at radius 3 is 2.83 bits per heavy atom. The normalized spacial score (nSPS) is 10.9. The number of rotatable bonds is 0. The Kier molecular flexibility index (Phi) is 2.18. The summed E-state index contributed by atoms with van der Waals surface area (Å²) in [5, 5.41) is 9.05. The quantitative estimate of drug-likeness (QED) is 0.741. The zero-order valence-electron chi connectivity index (χ0n) is 5.74. The van der Waals surface area contributed by atoms with Crippen LogP contribution in [0, 0.1) is 3.70 Å². The van der Waals surface area contributed by atoms with E-state index in [0.717, 1.165) is 14.6 Å². The molecule has 2 aromatic rings. The van der Waals surface area contributed by atoms with Crippen molar-refractivity contribution in [3.63, 3.8) is 0 Å². The van der Waals surface area contributed by atoms with Crippen LogP contribution in [-0.4, -0.2) is 10.2 Å². The molecule has 0 saturated heterocycles. The lowest BCUT2D eigenvalue weighted by Crippen LogP contribution is -1.72. The third-order valence-corrected chi connectivity index (χ3v) is 2.83. The van der Waals surface area contributed by atoms with E-state index in [1.807, 2.05) is 0 Å². The maximum Gasteiger partial charge on any atom is 0.105 e. The molecule has 0 atom stereocenters. The minimum Gasteiger partial charge on any atom is -0.271 e. The fourth-order valence-electron chi connectivity index (χ4n) is 1.03. The van der Waals surface area contributed by atoms with E-state index in [0.29, 0.717) is 10.0 Å². The highest BCUT2D eigenvalue weighted by molar-refractivity contribution is 14.1. The number of fused-ring (bicyclic) bond motifs is 1. The van der Waals surface area contributed by atoms with Crippen molar-refractivity contribution < 1.29 is 0 Å². The van der Waals surface area contributed by atoms with Crippen LogP contribution in [0.25, 0.3) is 10.9 Å². The van der Waals surface area contributed by atoms with Crippen LogP contribution in [0.4, 0.5) is 0 Å². The largest absolute Gasteiger partial charge is 0.271 e. The standard InChI is InChI=1S/C7H3Cl2IN2/c8-3-1-4(9)6-5(2-3)11-12-7(6)10/h1-2H,(H,11,12). The number of H-pyrrole nitrogens is 1. The topological polar surface area (TPSA) is 28.7 Å². The maximum absolute atomic E-state index is 5.96. The smallest absolute Gasteiger partial charge is 0.105 e. The predicted molar refractivity (Wildman–Crippen MR) is 58.8 cm³/mol. The minimum absolute atomic E-state index is 0.607. The molecule has 5 heteroatoms. The van der Waals surface area contributed by atoms with Crippen LogP contribution in [0.2, 0.25) is 10.0 Å². The molecule has 1 heterocycles. The summed E-state index contributed by atoms with van der Waals surface area (Å²) >= 11 is 13.9. The zero-order valence-corrected chi connectivity index (χ0v) is 9.41. The number of nitrogens with zero attached hydrogens (tertiary/aromatic N) is 1. The van der Waals surface area contributed by atoms with Gasteiger partial charge in [-0.3, -0.25) is 5.10 Å². The predicted octanol–water partition coefficient (Wildman–Crippen LogP) is 3.47. The zero-order chi connectivity index (χ0) is 8.72. The molecule has 1 aromatic heterocycles. The Hall–Kier alpha value is -0.000000000000000111. The molecule has 0 amide bonds. The fraction of sp³-hybridized carbons (Fsp3) is 0. The molecule has 0 radical (unpaired) electrons. The van der Waals surface area contributed by atoms with Crippen molar-refractivity contribution in [2.75, 3.05) is 0 Å². The second-order valence-corrected chi connectivity index (χ2v) is 4.24. The molecule has 2 nitrogen and oxygen atoms in total. The van der Waals surface area contributed by atoms with Crippen LogP contribution in [0.5, 0.6) is 0 Å². The Morgan fingerprint density at radius 2 is 2.08 bits per heavy atom. The highest BCUT2D eigenvalue weighted by atomic mass is 127. The Balaban J connectivity index is 2.93. The van der Waals surface area contributed by atoms with E-state index in [2.05, 4.69) is 32.8 Å². The van der Waals surface area contributed by atoms with E-state index in [4.69, 9.17) is 23.2 Å². The van der Waals surface area contributed by atoms with Crippen molar-refractivity contribution in [3.05, 3.63) is 25.9 Å². The van der Waals surface area contributed by atoms with Gasteiger partial charge in [0.05, 0.1) is 15.9 Å². The number of aromatic amines is 1. The summed E-state index contributed by atoms with van der Waals surface area (Å²) in [4.78, 5) is 0. The van der Waals surface area contributed by atoms with E-state index >= 15 is 0 Å². The first kappa shape index (κ1) is 8.59. The average molecular weight is 313 g/mol. The van der Waals surface area contributed by atoms with Gasteiger partial charge in [0.15, 0.2) is 0 Å². The molecular weight excluding hydrogens is 310 g/mol. The minimum atomic E-state index is 0.607. The van der Waals surface area contributed by atoms with Gasteiger partial charge in [0.25, 0.3) is 0 Å². The maximum atomic E-state index is 5.96. The van der Waals surface area contributed by atoms with Gasteiger partial charge in [-0.25, -0.2) is 0 Å². The summed E-state index contributed by atoms with van der Waals surface area (Å²) in [5.74, 6) is 0. The van der Waals surface area contributed by atoms with Crippen molar-refractivity contribution >= 4 is 56.7 Å². The highest BCUT2D eigenvalue weighted by Gasteiger charge is 2.07. The van der Waals surface area contributed by atoms with Crippen molar-refractivity contribution in [3.8, 4) is 0 Å². The van der Waals surface area contributed by atoms with Crippen LogP contribution in [0.1, 0.15) is 0 Å². The summed E-state index contributed by atoms with van der Waals surface area (Å²) in [7, 11) is 0. The van der Waals surface area contributed by atoms with Gasteiger partial charge in [-0.1, -0.05) is 23.2 Å². The van der Waals surface area contributed by atoms with Crippen LogP contribution in [-0.2, 0) is 0 Å². The fourth-order valence-corrected chi connectivity index (χ4v) is 2.45. The second kappa shape index (κ2) is 3.05. The molecule has 0 saturated carbocycles. The van der Waals surface area contributed by atoms with E-state index in [1.54, 1.807) is 12.1 Å². The number of nitrogens with one attached hydrogen (secondary N) is 1. The van der Waals surface area contributed by atoms with Crippen molar-refractivity contribution in [1.29, 1.82) is 0 Å². The van der Waals surface area contributed by atoms with Gasteiger partial charge in [0.1, 0.15) is 3.70 Å². The Bertz CT molecular complexity index is 438. The molecule has 0 fully saturated rings. The van der Waals surface area contributed by atoms with Gasteiger partial charge in [0.2, 0.25) is 0 Å². The third kappa shape index (κ3) is 1.30. The van der Waals surface area contributed by atoms with Gasteiger partial charge in [-0.05, 0) is 34.7 Å². The number of aromatic nitrogens is 2. The molecule has 0 aliphatic rings. The van der Waals surface area contributed by atoms with Crippen LogP contribution < -0.4 is 0 Å². The van der Waals surface area contributed by atoms with Crippen molar-refractivity contribution in [2.24, 2.45) is 0 Å². The molecule has 1 aromatic carbocycles. The molecular formula is C7H3Cl2IN2. The monoisotopic (exact) mass is 312 g/mol. The third-order valence-electron chi connectivity index (χ3n) is 1.53. The average Bonchev–Trinajstić information content (AvgIpc) is 2.31. The SMILES string of the molecule is Clc1cc(Cl)c2c(I)[nH]nc2c1. The number of benzene rings is 1. The van der Waals surface area contributed by atoms with E-state index in [9.17, 15) is 0 Å². The first-order valence-corrected chi connectivity index (χ1v) is 5.00. The summed E-state index contributed by atoms with van der Waals surface area (Å²) < 4.78 is 0.935. The molecule has 2 rings (SSSR count). The summed E-state index contributed by atoms with van der Waals surface area (Å²) in [6.45, 7) is 0. The molecule has 0 unspecified atom stereocenters. The lowest BCUT2D eigenvalue weighted by Gasteiger charge is -1.93. The van der Waals surface area contributed by atoms with Gasteiger partial charge >= 0.3 is 0 Å². The first-order chi connectivity index (χ1) is 5.68. The molecule has 0 aliphatic heterocycles. The van der Waals surface area contributed by atoms with E-state index < -0.39 is 0 Å². The van der Waals surface area contributed by atoms with Gasteiger partial charge in [0, 0.05) is 5.02 Å². The Labute approximate surface area is 92.4 Å². The molecule has 1 N–H and O–H groups in total.